The average molecular weight is 555 g/mol. The van der Waals surface area contributed by atoms with Crippen LogP contribution in [0.3, 0.4) is 0 Å². The van der Waals surface area contributed by atoms with E-state index in [1.54, 1.807) is 11.0 Å². The number of nitrogens with one attached hydrogen (secondary N) is 1. The SMILES string of the molecule is O=C1CCC(N2Cc3cc(N4CCN(S(=O)(=O)c5cc(Cl)ccc5Cl)CC4)c(F)cc3C2=O)C(=O)N1. The second-order valence-corrected chi connectivity index (χ2v) is 11.6. The van der Waals surface area contributed by atoms with Crippen molar-refractivity contribution in [1.29, 1.82) is 0 Å². The van der Waals surface area contributed by atoms with Crippen LogP contribution in [-0.2, 0) is 26.2 Å². The van der Waals surface area contributed by atoms with E-state index in [9.17, 15) is 22.8 Å². The fourth-order valence-corrected chi connectivity index (χ4v) is 6.96. The van der Waals surface area contributed by atoms with E-state index in [4.69, 9.17) is 23.2 Å². The maximum atomic E-state index is 15.1. The summed E-state index contributed by atoms with van der Waals surface area (Å²) in [7, 11) is -3.89. The van der Waals surface area contributed by atoms with Crippen molar-refractivity contribution >= 4 is 56.6 Å². The molecule has 1 N–H and O–H groups in total. The molecule has 1 atom stereocenters. The predicted octanol–water partition coefficient (Wildman–Crippen LogP) is 2.40. The van der Waals surface area contributed by atoms with Crippen LogP contribution in [0.5, 0.6) is 0 Å². The molecule has 2 fully saturated rings. The molecule has 0 bridgehead atoms. The molecule has 1 unspecified atom stereocenters. The van der Waals surface area contributed by atoms with Crippen LogP contribution >= 0.6 is 23.2 Å². The first-order valence-electron chi connectivity index (χ1n) is 11.2. The van der Waals surface area contributed by atoms with Crippen molar-refractivity contribution in [3.63, 3.8) is 0 Å². The van der Waals surface area contributed by atoms with Crippen LogP contribution in [0.4, 0.5) is 10.1 Å². The third-order valence-corrected chi connectivity index (χ3v) is 9.30. The first-order chi connectivity index (χ1) is 17.1. The topological polar surface area (TPSA) is 107 Å². The van der Waals surface area contributed by atoms with Gasteiger partial charge >= 0.3 is 0 Å². The number of piperidine rings is 1. The highest BCUT2D eigenvalue weighted by Gasteiger charge is 2.40. The van der Waals surface area contributed by atoms with Crippen LogP contribution in [0.1, 0.15) is 28.8 Å². The largest absolute Gasteiger partial charge is 0.367 e. The molecule has 0 saturated carbocycles. The molecule has 0 radical (unpaired) electrons. The minimum Gasteiger partial charge on any atom is -0.367 e. The summed E-state index contributed by atoms with van der Waals surface area (Å²) in [5.74, 6) is -1.99. The summed E-state index contributed by atoms with van der Waals surface area (Å²) in [4.78, 5) is 39.6. The van der Waals surface area contributed by atoms with Crippen molar-refractivity contribution in [2.24, 2.45) is 0 Å². The molecule has 3 aliphatic heterocycles. The summed E-state index contributed by atoms with van der Waals surface area (Å²) in [6, 6.07) is 6.17. The predicted molar refractivity (Wildman–Crippen MR) is 130 cm³/mol. The lowest BCUT2D eigenvalue weighted by atomic mass is 10.0. The van der Waals surface area contributed by atoms with Gasteiger partial charge in [0.05, 0.1) is 10.7 Å². The number of carbonyl (C=O) groups is 3. The summed E-state index contributed by atoms with van der Waals surface area (Å²) >= 11 is 12.1. The molecular weight excluding hydrogens is 534 g/mol. The number of hydrogen-bond acceptors (Lipinski definition) is 6. The molecule has 36 heavy (non-hydrogen) atoms. The van der Waals surface area contributed by atoms with E-state index in [2.05, 4.69) is 5.32 Å². The summed E-state index contributed by atoms with van der Waals surface area (Å²) < 4.78 is 42.5. The Bertz CT molecular complexity index is 1400. The molecule has 13 heteroatoms. The highest BCUT2D eigenvalue weighted by atomic mass is 35.5. The minimum atomic E-state index is -3.89. The van der Waals surface area contributed by atoms with Gasteiger partial charge < -0.3 is 9.80 Å². The molecule has 5 rings (SSSR count). The first kappa shape index (κ1) is 24.9. The zero-order valence-electron chi connectivity index (χ0n) is 18.8. The third kappa shape index (κ3) is 4.34. The Kier molecular flexibility index (Phi) is 6.44. The standard InChI is InChI=1S/C23H21Cl2FN4O5S/c24-14-1-2-16(25)20(10-14)36(34,35)29-7-5-28(6-8-29)19-9-13-12-30(23(33)15(13)11-17(19)26)18-3-4-21(31)27-22(18)32/h1-2,9-11,18H,3-8,12H2,(H,27,31,32). The molecule has 0 spiro atoms. The summed E-state index contributed by atoms with van der Waals surface area (Å²) in [5.41, 5.74) is 1.00. The van der Waals surface area contributed by atoms with E-state index < -0.39 is 33.7 Å². The molecule has 2 aromatic carbocycles. The molecule has 9 nitrogen and oxygen atoms in total. The Hall–Kier alpha value is -2.73. The Morgan fingerprint density at radius 3 is 2.42 bits per heavy atom. The number of imide groups is 1. The maximum absolute atomic E-state index is 15.1. The van der Waals surface area contributed by atoms with E-state index in [1.807, 2.05) is 0 Å². The van der Waals surface area contributed by atoms with Crippen LogP contribution in [0.2, 0.25) is 10.0 Å². The summed E-state index contributed by atoms with van der Waals surface area (Å²) in [6.45, 7) is 0.761. The number of benzene rings is 2. The zero-order valence-corrected chi connectivity index (χ0v) is 21.2. The van der Waals surface area contributed by atoms with Gasteiger partial charge in [-0.3, -0.25) is 19.7 Å². The summed E-state index contributed by atoms with van der Waals surface area (Å²) in [5, 5.41) is 2.55. The van der Waals surface area contributed by atoms with Crippen molar-refractivity contribution in [2.75, 3.05) is 31.1 Å². The van der Waals surface area contributed by atoms with Gasteiger partial charge in [0.15, 0.2) is 0 Å². The molecule has 190 valence electrons. The maximum Gasteiger partial charge on any atom is 0.255 e. The summed E-state index contributed by atoms with van der Waals surface area (Å²) in [6.07, 6.45) is 0.344. The molecule has 0 aromatic heterocycles. The van der Waals surface area contributed by atoms with E-state index in [0.717, 1.165) is 6.07 Å². The van der Waals surface area contributed by atoms with Gasteiger partial charge in [0, 0.05) is 49.7 Å². The molecule has 3 amide bonds. The molecular formula is C23H21Cl2FN4O5S. The highest BCUT2D eigenvalue weighted by Crippen LogP contribution is 2.34. The van der Waals surface area contributed by atoms with Gasteiger partial charge in [-0.2, -0.15) is 4.31 Å². The van der Waals surface area contributed by atoms with Crippen LogP contribution in [0.15, 0.2) is 35.2 Å². The highest BCUT2D eigenvalue weighted by molar-refractivity contribution is 7.89. The number of piperazine rings is 1. The van der Waals surface area contributed by atoms with Crippen molar-refractivity contribution < 1.29 is 27.2 Å². The zero-order chi connectivity index (χ0) is 25.8. The molecule has 3 aliphatic rings. The van der Waals surface area contributed by atoms with Gasteiger partial charge in [-0.15, -0.1) is 0 Å². The van der Waals surface area contributed by atoms with E-state index in [1.165, 1.54) is 27.4 Å². The number of carbonyl (C=O) groups excluding carboxylic acids is 3. The molecule has 2 aromatic rings. The van der Waals surface area contributed by atoms with Crippen molar-refractivity contribution in [3.8, 4) is 0 Å². The fourth-order valence-electron chi connectivity index (χ4n) is 4.80. The third-order valence-electron chi connectivity index (χ3n) is 6.68. The molecule has 3 heterocycles. The number of anilines is 1. The second kappa shape index (κ2) is 9.29. The van der Waals surface area contributed by atoms with Crippen LogP contribution < -0.4 is 10.2 Å². The number of hydrogen-bond donors (Lipinski definition) is 1. The monoisotopic (exact) mass is 554 g/mol. The first-order valence-corrected chi connectivity index (χ1v) is 13.4. The van der Waals surface area contributed by atoms with Gasteiger partial charge in [-0.25, -0.2) is 12.8 Å². The van der Waals surface area contributed by atoms with E-state index >= 15 is 4.39 Å². The normalized spacial score (nSPS) is 21.1. The van der Waals surface area contributed by atoms with Crippen molar-refractivity contribution in [3.05, 3.63) is 57.3 Å². The smallest absolute Gasteiger partial charge is 0.255 e. The van der Waals surface area contributed by atoms with Crippen molar-refractivity contribution in [2.45, 2.75) is 30.3 Å². The van der Waals surface area contributed by atoms with Gasteiger partial charge in [-0.1, -0.05) is 23.2 Å². The lowest BCUT2D eigenvalue weighted by molar-refractivity contribution is -0.136. The minimum absolute atomic E-state index is 0.0664. The number of nitrogens with zero attached hydrogens (tertiary/aromatic N) is 3. The number of fused-ring (bicyclic) bond motifs is 1. The fraction of sp³-hybridized carbons (Fsp3) is 0.348. The Morgan fingerprint density at radius 1 is 1.00 bits per heavy atom. The second-order valence-electron chi connectivity index (χ2n) is 8.83. The van der Waals surface area contributed by atoms with E-state index in [0.29, 0.717) is 5.56 Å². The van der Waals surface area contributed by atoms with Crippen LogP contribution in [0.25, 0.3) is 0 Å². The lowest BCUT2D eigenvalue weighted by Crippen LogP contribution is -2.52. The van der Waals surface area contributed by atoms with Gasteiger partial charge in [-0.05, 0) is 42.3 Å². The van der Waals surface area contributed by atoms with Crippen molar-refractivity contribution in [1.82, 2.24) is 14.5 Å². The Balaban J connectivity index is 1.32. The lowest BCUT2D eigenvalue weighted by Gasteiger charge is -2.35. The quantitative estimate of drug-likeness (QED) is 0.581. The molecule has 0 aliphatic carbocycles. The van der Waals surface area contributed by atoms with E-state index in [-0.39, 0.29) is 77.7 Å². The number of halogens is 3. The molecule has 2 saturated heterocycles. The van der Waals surface area contributed by atoms with Crippen LogP contribution in [0, 0.1) is 5.82 Å². The Labute approximate surface area is 216 Å². The Morgan fingerprint density at radius 2 is 1.72 bits per heavy atom. The number of amides is 3. The van der Waals surface area contributed by atoms with Gasteiger partial charge in [0.1, 0.15) is 16.8 Å². The van der Waals surface area contributed by atoms with Crippen LogP contribution in [-0.4, -0.2) is 67.6 Å². The average Bonchev–Trinajstić information content (AvgIpc) is 3.15. The number of sulfonamides is 1. The van der Waals surface area contributed by atoms with Gasteiger partial charge in [0.2, 0.25) is 21.8 Å². The number of rotatable bonds is 4. The van der Waals surface area contributed by atoms with Gasteiger partial charge in [0.25, 0.3) is 5.91 Å².